The molecule has 0 fully saturated rings. The Labute approximate surface area is 228 Å². The van der Waals surface area contributed by atoms with Gasteiger partial charge in [-0.25, -0.2) is 9.97 Å². The largest absolute Gasteiger partial charge is 0.245 e. The van der Waals surface area contributed by atoms with Crippen molar-refractivity contribution in [3.63, 3.8) is 0 Å². The number of halogens is 2. The molecular weight excluding hydrogens is 588 g/mol. The van der Waals surface area contributed by atoms with Crippen LogP contribution in [-0.4, -0.2) is 9.97 Å². The minimum absolute atomic E-state index is 0.961. The molecule has 2 nitrogen and oxygen atoms in total. The minimum atomic E-state index is 0.961. The summed E-state index contributed by atoms with van der Waals surface area (Å²) in [4.78, 5) is 12.6. The average Bonchev–Trinajstić information content (AvgIpc) is 3.40. The van der Waals surface area contributed by atoms with Crippen molar-refractivity contribution in [1.82, 2.24) is 9.97 Å². The predicted molar refractivity (Wildman–Crippen MR) is 157 cm³/mol. The minimum Gasteiger partial charge on any atom is -0.245 e. The Morgan fingerprint density at radius 3 is 1.47 bits per heavy atom. The van der Waals surface area contributed by atoms with Crippen molar-refractivity contribution in [1.29, 1.82) is 0 Å². The molecule has 34 heavy (non-hydrogen) atoms. The molecule has 0 unspecified atom stereocenters. The van der Waals surface area contributed by atoms with Crippen LogP contribution in [0.25, 0.3) is 32.2 Å². The number of hydrogen-bond donors (Lipinski definition) is 0. The van der Waals surface area contributed by atoms with Crippen LogP contribution in [0.5, 0.6) is 0 Å². The quantitative estimate of drug-likeness (QED) is 0.147. The first-order valence-corrected chi connectivity index (χ1v) is 15.7. The Hall–Kier alpha value is -1.08. The summed E-state index contributed by atoms with van der Waals surface area (Å²) < 4.78 is 2.36. The molecule has 0 N–H and O–H groups in total. The zero-order valence-corrected chi connectivity index (χ0v) is 24.8. The lowest BCUT2D eigenvalue weighted by Gasteiger charge is -2.07. The molecule has 0 radical (unpaired) electrons. The van der Waals surface area contributed by atoms with Crippen LogP contribution in [0.1, 0.15) is 76.3 Å². The number of unbranched alkanes of at least 4 members (excludes halogenated alkanes) is 6. The lowest BCUT2D eigenvalue weighted by atomic mass is 10.1. The van der Waals surface area contributed by atoms with Crippen LogP contribution >= 0.6 is 54.5 Å². The van der Waals surface area contributed by atoms with Crippen LogP contribution in [0, 0.1) is 0 Å². The third-order valence-corrected chi connectivity index (χ3v) is 9.57. The molecule has 0 aromatic carbocycles. The highest BCUT2D eigenvalue weighted by molar-refractivity contribution is 9.11. The van der Waals surface area contributed by atoms with Crippen LogP contribution in [0.15, 0.2) is 44.0 Å². The van der Waals surface area contributed by atoms with Crippen molar-refractivity contribution in [2.75, 3.05) is 0 Å². The highest BCUT2D eigenvalue weighted by Gasteiger charge is 2.15. The normalized spacial score (nSPS) is 11.5. The fourth-order valence-electron chi connectivity index (χ4n) is 4.34. The SMILES string of the molecule is CCCCCCc1cc(Br)sc1-c1ccc2nc(-c3sc(Br)cc3CCCCCC)ccc2n1. The van der Waals surface area contributed by atoms with Gasteiger partial charge in [0.25, 0.3) is 0 Å². The van der Waals surface area contributed by atoms with E-state index in [2.05, 4.69) is 82.1 Å². The maximum atomic E-state index is 5.02. The molecule has 6 heteroatoms. The van der Waals surface area contributed by atoms with Crippen LogP contribution < -0.4 is 0 Å². The first-order chi connectivity index (χ1) is 16.6. The van der Waals surface area contributed by atoms with E-state index in [-0.39, 0.29) is 0 Å². The van der Waals surface area contributed by atoms with Crippen molar-refractivity contribution in [2.24, 2.45) is 0 Å². The van der Waals surface area contributed by atoms with Gasteiger partial charge in [0.05, 0.1) is 39.7 Å². The summed E-state index contributed by atoms with van der Waals surface area (Å²) in [7, 11) is 0. The lowest BCUT2D eigenvalue weighted by molar-refractivity contribution is 0.668. The Morgan fingerprint density at radius 2 is 1.06 bits per heavy atom. The summed E-state index contributed by atoms with van der Waals surface area (Å²) in [5, 5.41) is 0. The van der Waals surface area contributed by atoms with E-state index in [0.29, 0.717) is 0 Å². The maximum absolute atomic E-state index is 5.02. The monoisotopic (exact) mass is 618 g/mol. The predicted octanol–water partition coefficient (Wildman–Crippen LogP) is 10.9. The van der Waals surface area contributed by atoms with E-state index in [1.807, 2.05) is 0 Å². The van der Waals surface area contributed by atoms with Gasteiger partial charge in [0.15, 0.2) is 0 Å². The standard InChI is InChI=1S/C28H32Br2N2S2/c1-3-5-7-9-11-19-17-25(29)33-27(19)23-15-13-22-21(31-23)14-16-24(32-22)28-20(18-26(30)34-28)12-10-8-6-4-2/h13-18H,3-12H2,1-2H3. The third-order valence-electron chi connectivity index (χ3n) is 6.16. The topological polar surface area (TPSA) is 25.8 Å². The van der Waals surface area contributed by atoms with Crippen LogP contribution in [0.4, 0.5) is 0 Å². The molecule has 0 aliphatic heterocycles. The smallest absolute Gasteiger partial charge is 0.0895 e. The number of thiophene rings is 2. The fourth-order valence-corrected chi connectivity index (χ4v) is 7.68. The van der Waals surface area contributed by atoms with Gasteiger partial charge in [0, 0.05) is 0 Å². The molecule has 0 bridgehead atoms. The fraction of sp³-hybridized carbons (Fsp3) is 0.429. The second-order valence-electron chi connectivity index (χ2n) is 8.86. The second-order valence-corrected chi connectivity index (χ2v) is 13.7. The van der Waals surface area contributed by atoms with Gasteiger partial charge in [0.1, 0.15) is 0 Å². The van der Waals surface area contributed by atoms with Crippen LogP contribution in [0.3, 0.4) is 0 Å². The summed E-state index contributed by atoms with van der Waals surface area (Å²) in [5.74, 6) is 0. The number of aryl methyl sites for hydroxylation is 2. The van der Waals surface area contributed by atoms with Crippen LogP contribution in [-0.2, 0) is 12.8 Å². The Balaban J connectivity index is 1.57. The summed E-state index contributed by atoms with van der Waals surface area (Å²) >= 11 is 11.0. The number of fused-ring (bicyclic) bond motifs is 1. The number of rotatable bonds is 12. The zero-order chi connectivity index (χ0) is 23.9. The Kier molecular flexibility index (Phi) is 9.75. The molecule has 180 valence electrons. The maximum Gasteiger partial charge on any atom is 0.0895 e. The van der Waals surface area contributed by atoms with Crippen molar-refractivity contribution in [3.8, 4) is 21.1 Å². The molecule has 0 aliphatic rings. The summed E-state index contributed by atoms with van der Waals surface area (Å²) in [5.41, 5.74) is 6.84. The molecule has 0 amide bonds. The van der Waals surface area contributed by atoms with Gasteiger partial charge >= 0.3 is 0 Å². The van der Waals surface area contributed by atoms with Crippen molar-refractivity contribution in [3.05, 3.63) is 55.1 Å². The molecule has 0 atom stereocenters. The number of nitrogens with zero attached hydrogens (tertiary/aromatic N) is 2. The van der Waals surface area contributed by atoms with E-state index in [9.17, 15) is 0 Å². The van der Waals surface area contributed by atoms with Gasteiger partial charge in [-0.2, -0.15) is 0 Å². The molecule has 0 aliphatic carbocycles. The molecular formula is C28H32Br2N2S2. The zero-order valence-electron chi connectivity index (χ0n) is 20.0. The number of hydrogen-bond acceptors (Lipinski definition) is 4. The van der Waals surface area contributed by atoms with E-state index in [0.717, 1.165) is 35.3 Å². The first-order valence-electron chi connectivity index (χ1n) is 12.4. The summed E-state index contributed by atoms with van der Waals surface area (Å²) in [6, 6.07) is 13.1. The van der Waals surface area contributed by atoms with Crippen LogP contribution in [0.2, 0.25) is 0 Å². The first kappa shape index (κ1) is 26.0. The molecule has 0 saturated heterocycles. The van der Waals surface area contributed by atoms with E-state index in [4.69, 9.17) is 9.97 Å². The van der Waals surface area contributed by atoms with E-state index < -0.39 is 0 Å². The Bertz CT molecular complexity index is 1130. The van der Waals surface area contributed by atoms with Gasteiger partial charge in [-0.05, 0) is 105 Å². The molecule has 4 rings (SSSR count). The number of pyridine rings is 2. The molecule has 4 heterocycles. The third kappa shape index (κ3) is 6.57. The van der Waals surface area contributed by atoms with E-state index in [1.165, 1.54) is 79.8 Å². The molecule has 0 spiro atoms. The average molecular weight is 621 g/mol. The number of aromatic nitrogens is 2. The van der Waals surface area contributed by atoms with Crippen molar-refractivity contribution >= 4 is 65.6 Å². The highest BCUT2D eigenvalue weighted by atomic mass is 79.9. The lowest BCUT2D eigenvalue weighted by Crippen LogP contribution is -1.92. The van der Waals surface area contributed by atoms with Crippen molar-refractivity contribution < 1.29 is 0 Å². The van der Waals surface area contributed by atoms with Gasteiger partial charge in [0.2, 0.25) is 0 Å². The summed E-state index contributed by atoms with van der Waals surface area (Å²) in [6.07, 6.45) is 12.4. The van der Waals surface area contributed by atoms with Gasteiger partial charge in [-0.1, -0.05) is 52.4 Å². The Morgan fingerprint density at radius 1 is 0.618 bits per heavy atom. The molecule has 4 aromatic rings. The second kappa shape index (κ2) is 12.8. The van der Waals surface area contributed by atoms with Crippen molar-refractivity contribution in [2.45, 2.75) is 78.1 Å². The van der Waals surface area contributed by atoms with Gasteiger partial charge in [-0.3, -0.25) is 0 Å². The van der Waals surface area contributed by atoms with Gasteiger partial charge < -0.3 is 0 Å². The molecule has 4 aromatic heterocycles. The summed E-state index contributed by atoms with van der Waals surface area (Å²) in [6.45, 7) is 4.52. The van der Waals surface area contributed by atoms with Gasteiger partial charge in [-0.15, -0.1) is 22.7 Å². The van der Waals surface area contributed by atoms with E-state index >= 15 is 0 Å². The highest BCUT2D eigenvalue weighted by Crippen LogP contribution is 2.38. The molecule has 0 saturated carbocycles. The van der Waals surface area contributed by atoms with E-state index in [1.54, 1.807) is 22.7 Å².